The molecule has 0 saturated carbocycles. The average molecular weight is 662 g/mol. The van der Waals surface area contributed by atoms with Crippen molar-refractivity contribution >= 4 is 46.5 Å². The highest BCUT2D eigenvalue weighted by atomic mass is 35.5. The fourth-order valence-corrected chi connectivity index (χ4v) is 6.89. The Hall–Kier alpha value is -4.52. The van der Waals surface area contributed by atoms with Crippen LogP contribution in [0.5, 0.6) is 0 Å². The normalized spacial score (nSPS) is 21.4. The molecule has 0 radical (unpaired) electrons. The summed E-state index contributed by atoms with van der Waals surface area (Å²) in [7, 11) is 0. The molecule has 0 aliphatic carbocycles. The molecule has 2 atom stereocenters. The zero-order valence-corrected chi connectivity index (χ0v) is 26.2. The van der Waals surface area contributed by atoms with Crippen LogP contribution in [0.3, 0.4) is 0 Å². The van der Waals surface area contributed by atoms with Crippen LogP contribution in [0.15, 0.2) is 65.8 Å². The Balaban J connectivity index is 1.16. The number of carbonyl (C=O) groups is 3. The summed E-state index contributed by atoms with van der Waals surface area (Å²) < 4.78 is 20.1. The molecular formula is C34H33ClFN5O6. The van der Waals surface area contributed by atoms with E-state index < -0.39 is 35.7 Å². The summed E-state index contributed by atoms with van der Waals surface area (Å²) >= 11 is 5.97. The van der Waals surface area contributed by atoms with E-state index in [1.807, 2.05) is 12.1 Å². The number of benzene rings is 3. The van der Waals surface area contributed by atoms with Crippen molar-refractivity contribution in [3.63, 3.8) is 0 Å². The number of carbonyl (C=O) groups excluding carboxylic acids is 2. The van der Waals surface area contributed by atoms with Gasteiger partial charge in [0.25, 0.3) is 11.8 Å². The quantitative estimate of drug-likeness (QED) is 0.390. The second-order valence-corrected chi connectivity index (χ2v) is 12.5. The predicted molar refractivity (Wildman–Crippen MR) is 172 cm³/mol. The second-order valence-electron chi connectivity index (χ2n) is 12.1. The number of amides is 2. The van der Waals surface area contributed by atoms with Crippen LogP contribution in [0, 0.1) is 5.82 Å². The molecular weight excluding hydrogens is 629 g/mol. The molecule has 3 aromatic rings. The highest BCUT2D eigenvalue weighted by molar-refractivity contribution is 6.31. The molecule has 3 aromatic carbocycles. The van der Waals surface area contributed by atoms with Crippen LogP contribution in [-0.4, -0.2) is 96.5 Å². The topological polar surface area (TPSA) is 124 Å². The third-order valence-corrected chi connectivity index (χ3v) is 9.62. The summed E-state index contributed by atoms with van der Waals surface area (Å²) in [5.74, 6) is -2.61. The lowest BCUT2D eigenvalue weighted by Gasteiger charge is -2.44. The van der Waals surface area contributed by atoms with Gasteiger partial charge in [-0.3, -0.25) is 14.5 Å². The number of oxime groups is 1. The van der Waals surface area contributed by atoms with Crippen molar-refractivity contribution in [3.8, 4) is 0 Å². The third-order valence-electron chi connectivity index (χ3n) is 9.33. The van der Waals surface area contributed by atoms with E-state index in [2.05, 4.69) is 26.3 Å². The van der Waals surface area contributed by atoms with Crippen molar-refractivity contribution in [3.05, 3.63) is 93.8 Å². The molecule has 4 aliphatic heterocycles. The number of rotatable bonds is 7. The van der Waals surface area contributed by atoms with Gasteiger partial charge in [-0.25, -0.2) is 9.18 Å². The molecule has 2 fully saturated rings. The number of carboxylic acids is 1. The maximum atomic E-state index is 14.8. The van der Waals surface area contributed by atoms with Gasteiger partial charge in [0.15, 0.2) is 5.82 Å². The maximum absolute atomic E-state index is 14.8. The number of halogens is 2. The minimum Gasteiger partial charge on any atom is -0.478 e. The minimum atomic E-state index is -1.08. The molecule has 0 spiro atoms. The number of hydrogen-bond acceptors (Lipinski definition) is 8. The standard InChI is InChI=1S/C34H33ClFN5O6/c35-26-5-1-4-25(30(26)36)27-17-29(47-38-27)33(43)41-12-11-23-24(31(41)32(42)37-21-9-7-20(8-10-21)34(44)45)3-2-6-28(23)40-15-13-39(14-16-40)22-18-46-19-22/h1-10,22,29,31H,11-19H2,(H,37,42)(H,44,45). The van der Waals surface area contributed by atoms with Gasteiger partial charge in [0, 0.05) is 56.1 Å². The van der Waals surface area contributed by atoms with Gasteiger partial charge in [-0.2, -0.15) is 0 Å². The molecule has 0 bridgehead atoms. The van der Waals surface area contributed by atoms with Crippen LogP contribution >= 0.6 is 11.6 Å². The molecule has 2 amide bonds. The molecule has 0 aromatic heterocycles. The first-order chi connectivity index (χ1) is 22.8. The smallest absolute Gasteiger partial charge is 0.335 e. The molecule has 4 aliphatic rings. The third kappa shape index (κ3) is 6.04. The highest BCUT2D eigenvalue weighted by Gasteiger charge is 2.42. The fraction of sp³-hybridized carbons (Fsp3) is 0.353. The molecule has 47 heavy (non-hydrogen) atoms. The second kappa shape index (κ2) is 12.9. The van der Waals surface area contributed by atoms with Crippen LogP contribution in [0.25, 0.3) is 0 Å². The number of hydrogen-bond donors (Lipinski definition) is 2. The van der Waals surface area contributed by atoms with Crippen LogP contribution in [-0.2, 0) is 25.6 Å². The van der Waals surface area contributed by atoms with Crippen LogP contribution in [0.2, 0.25) is 5.02 Å². The summed E-state index contributed by atoms with van der Waals surface area (Å²) in [6.45, 7) is 5.27. The van der Waals surface area contributed by atoms with E-state index in [-0.39, 0.29) is 34.8 Å². The van der Waals surface area contributed by atoms with Crippen LogP contribution in [0.4, 0.5) is 15.8 Å². The molecule has 4 heterocycles. The van der Waals surface area contributed by atoms with E-state index in [1.165, 1.54) is 41.3 Å². The van der Waals surface area contributed by atoms with Gasteiger partial charge in [0.05, 0.1) is 35.6 Å². The number of nitrogens with one attached hydrogen (secondary N) is 1. The van der Waals surface area contributed by atoms with Crippen LogP contribution < -0.4 is 10.2 Å². The Morgan fingerprint density at radius 3 is 2.40 bits per heavy atom. The monoisotopic (exact) mass is 661 g/mol. The Morgan fingerprint density at radius 2 is 1.70 bits per heavy atom. The van der Waals surface area contributed by atoms with Crippen LogP contribution in [0.1, 0.15) is 39.5 Å². The molecule has 13 heteroatoms. The first-order valence-electron chi connectivity index (χ1n) is 15.6. The van der Waals surface area contributed by atoms with E-state index >= 15 is 0 Å². The Kier molecular flexibility index (Phi) is 8.56. The molecule has 7 rings (SSSR count). The van der Waals surface area contributed by atoms with Crippen molar-refractivity contribution in [2.45, 2.75) is 31.0 Å². The summed E-state index contributed by atoms with van der Waals surface area (Å²) in [6, 6.07) is 15.7. The van der Waals surface area contributed by atoms with Gasteiger partial charge in [0.2, 0.25) is 6.10 Å². The molecule has 2 N–H and O–H groups in total. The van der Waals surface area contributed by atoms with E-state index in [9.17, 15) is 23.9 Å². The molecule has 2 saturated heterocycles. The summed E-state index contributed by atoms with van der Waals surface area (Å²) in [5, 5.41) is 16.1. The maximum Gasteiger partial charge on any atom is 0.335 e. The zero-order valence-electron chi connectivity index (χ0n) is 25.4. The predicted octanol–water partition coefficient (Wildman–Crippen LogP) is 3.96. The van der Waals surface area contributed by atoms with Crippen molar-refractivity contribution in [2.75, 3.05) is 56.2 Å². The Morgan fingerprint density at radius 1 is 0.957 bits per heavy atom. The van der Waals surface area contributed by atoms with E-state index in [0.717, 1.165) is 50.6 Å². The van der Waals surface area contributed by atoms with Gasteiger partial charge < -0.3 is 29.8 Å². The number of piperazine rings is 1. The number of fused-ring (bicyclic) bond motifs is 1. The minimum absolute atomic E-state index is 0.0147. The van der Waals surface area contributed by atoms with E-state index in [4.69, 9.17) is 21.2 Å². The highest BCUT2D eigenvalue weighted by Crippen LogP contribution is 2.38. The number of aromatic carboxylic acids is 1. The Bertz CT molecular complexity index is 1740. The first-order valence-corrected chi connectivity index (χ1v) is 16.0. The summed E-state index contributed by atoms with van der Waals surface area (Å²) in [5.41, 5.74) is 3.65. The zero-order chi connectivity index (χ0) is 32.7. The van der Waals surface area contributed by atoms with Gasteiger partial charge >= 0.3 is 5.97 Å². The number of carboxylic acid groups (broad SMARTS) is 1. The fourth-order valence-electron chi connectivity index (χ4n) is 6.72. The molecule has 11 nitrogen and oxygen atoms in total. The van der Waals surface area contributed by atoms with Crippen molar-refractivity contribution in [2.24, 2.45) is 5.16 Å². The lowest BCUT2D eigenvalue weighted by atomic mass is 9.89. The number of anilines is 2. The Labute approximate surface area is 275 Å². The van der Waals surface area contributed by atoms with E-state index in [1.54, 1.807) is 6.07 Å². The number of nitrogens with zero attached hydrogens (tertiary/aromatic N) is 4. The summed E-state index contributed by atoms with van der Waals surface area (Å²) in [4.78, 5) is 51.4. The van der Waals surface area contributed by atoms with Crippen molar-refractivity contribution < 1.29 is 33.5 Å². The first kappa shape index (κ1) is 31.1. The van der Waals surface area contributed by atoms with Gasteiger partial charge in [0.1, 0.15) is 6.04 Å². The number of ether oxygens (including phenoxy) is 1. The summed E-state index contributed by atoms with van der Waals surface area (Å²) in [6.07, 6.45) is -0.517. The van der Waals surface area contributed by atoms with Gasteiger partial charge in [-0.1, -0.05) is 35.0 Å². The molecule has 244 valence electrons. The average Bonchev–Trinajstić information content (AvgIpc) is 3.55. The lowest BCUT2D eigenvalue weighted by molar-refractivity contribution is -0.148. The van der Waals surface area contributed by atoms with Gasteiger partial charge in [-0.15, -0.1) is 0 Å². The largest absolute Gasteiger partial charge is 0.478 e. The van der Waals surface area contributed by atoms with E-state index in [0.29, 0.717) is 23.7 Å². The SMILES string of the molecule is O=C(O)c1ccc(NC(=O)C2c3cccc(N4CCN(C5COC5)CC4)c3CCN2C(=O)C2CC(c3cccc(Cl)c3F)=NO2)cc1. The van der Waals surface area contributed by atoms with Crippen molar-refractivity contribution in [1.29, 1.82) is 0 Å². The van der Waals surface area contributed by atoms with Gasteiger partial charge in [-0.05, 0) is 60.0 Å². The molecule has 2 unspecified atom stereocenters. The lowest BCUT2D eigenvalue weighted by Crippen LogP contribution is -2.57. The van der Waals surface area contributed by atoms with Crippen molar-refractivity contribution in [1.82, 2.24) is 9.80 Å².